The van der Waals surface area contributed by atoms with Gasteiger partial charge < -0.3 is 9.90 Å². The van der Waals surface area contributed by atoms with Crippen LogP contribution in [0, 0.1) is 0 Å². The Balaban J connectivity index is 2.25. The van der Waals surface area contributed by atoms with Crippen LogP contribution in [0.5, 0.6) is 0 Å². The summed E-state index contributed by atoms with van der Waals surface area (Å²) in [5, 5.41) is 12.6. The molecule has 0 aromatic rings. The van der Waals surface area contributed by atoms with Crippen LogP contribution in [0.1, 0.15) is 0 Å². The van der Waals surface area contributed by atoms with Crippen molar-refractivity contribution in [3.8, 4) is 0 Å². The number of hydrogen-bond donors (Lipinski definition) is 0. The fourth-order valence-electron chi connectivity index (χ4n) is 1.19. The number of carbonyl (C=O) groups is 1. The van der Waals surface area contributed by atoms with Crippen LogP contribution in [0.15, 0.2) is 28.6 Å². The van der Waals surface area contributed by atoms with Crippen molar-refractivity contribution in [2.45, 2.75) is 11.3 Å². The number of nitrogens with zero attached hydrogens (tertiary/aromatic N) is 1. The second-order valence-electron chi connectivity index (χ2n) is 2.58. The molecule has 2 rings (SSSR count). The molecule has 0 saturated heterocycles. The maximum Gasteiger partial charge on any atom is 0.0895 e. The highest BCUT2D eigenvalue weighted by molar-refractivity contribution is 8.03. The van der Waals surface area contributed by atoms with Crippen LogP contribution in [0.2, 0.25) is 0 Å². The molecule has 2 aliphatic rings. The summed E-state index contributed by atoms with van der Waals surface area (Å²) in [5.41, 5.74) is 0.0448. The number of dihydropyridines is 1. The highest BCUT2D eigenvalue weighted by Crippen LogP contribution is 2.29. The zero-order valence-electron chi connectivity index (χ0n) is 6.14. The maximum atomic E-state index is 10.4. The molecule has 0 aliphatic carbocycles. The summed E-state index contributed by atoms with van der Waals surface area (Å²) < 4.78 is 0. The van der Waals surface area contributed by atoms with Crippen LogP contribution < -0.4 is 5.11 Å². The number of rotatable bonds is 1. The molecular weight excluding hydrogens is 174 g/mol. The van der Waals surface area contributed by atoms with Crippen LogP contribution in [0.25, 0.3) is 0 Å². The van der Waals surface area contributed by atoms with Gasteiger partial charge in [0.25, 0.3) is 0 Å². The van der Waals surface area contributed by atoms with Gasteiger partial charge in [-0.15, -0.1) is 11.8 Å². The normalized spacial score (nSPS) is 31.5. The Hall–Kier alpha value is -1.03. The molecule has 2 aliphatic heterocycles. The Morgan fingerprint density at radius 1 is 1.58 bits per heavy atom. The van der Waals surface area contributed by atoms with Crippen molar-refractivity contribution in [1.29, 1.82) is 0 Å². The molecular formula is C8H6NO2S-. The minimum Gasteiger partial charge on any atom is -0.543 e. The number of carboxylic acids is 1. The standard InChI is InChI=1S/C8H7NO2S/c10-8(11)6-1-2-7-5(9-6)3-4-12-7/h1-5,7H,(H,10,11)/p-1. The number of aliphatic imine (C=N–C) groups is 1. The minimum atomic E-state index is -1.20. The van der Waals surface area contributed by atoms with Crippen LogP contribution in [0.4, 0.5) is 0 Å². The van der Waals surface area contributed by atoms with E-state index in [1.54, 1.807) is 11.8 Å². The van der Waals surface area contributed by atoms with Crippen molar-refractivity contribution < 1.29 is 9.90 Å². The van der Waals surface area contributed by atoms with Gasteiger partial charge in [-0.2, -0.15) is 0 Å². The summed E-state index contributed by atoms with van der Waals surface area (Å²) in [7, 11) is 0. The summed E-state index contributed by atoms with van der Waals surface area (Å²) in [6.07, 6.45) is 5.27. The maximum absolute atomic E-state index is 10.4. The number of thioether (sulfide) groups is 1. The van der Waals surface area contributed by atoms with E-state index in [0.29, 0.717) is 0 Å². The lowest BCUT2D eigenvalue weighted by molar-refractivity contribution is -0.294. The zero-order chi connectivity index (χ0) is 8.55. The van der Waals surface area contributed by atoms with Gasteiger partial charge in [-0.3, -0.25) is 4.99 Å². The Morgan fingerprint density at radius 2 is 2.42 bits per heavy atom. The first-order valence-electron chi connectivity index (χ1n) is 3.57. The lowest BCUT2D eigenvalue weighted by Gasteiger charge is -2.17. The van der Waals surface area contributed by atoms with Gasteiger partial charge in [0.2, 0.25) is 0 Å². The summed E-state index contributed by atoms with van der Waals surface area (Å²) in [6, 6.07) is -0.00657. The predicted molar refractivity (Wildman–Crippen MR) is 45.9 cm³/mol. The van der Waals surface area contributed by atoms with Crippen molar-refractivity contribution in [3.05, 3.63) is 23.6 Å². The summed E-state index contributed by atoms with van der Waals surface area (Å²) >= 11 is 1.65. The Morgan fingerprint density at radius 3 is 3.17 bits per heavy atom. The number of fused-ring (bicyclic) bond motifs is 1. The second kappa shape index (κ2) is 2.79. The molecule has 12 heavy (non-hydrogen) atoms. The van der Waals surface area contributed by atoms with Gasteiger partial charge in [-0.05, 0) is 11.5 Å². The summed E-state index contributed by atoms with van der Waals surface area (Å²) in [5.74, 6) is -1.20. The highest BCUT2D eigenvalue weighted by atomic mass is 32.2. The van der Waals surface area contributed by atoms with Gasteiger partial charge in [0.15, 0.2) is 0 Å². The van der Waals surface area contributed by atoms with E-state index in [9.17, 15) is 9.90 Å². The molecule has 0 fully saturated rings. The lowest BCUT2D eigenvalue weighted by Crippen LogP contribution is -2.34. The Bertz CT molecular complexity index is 306. The first-order valence-corrected chi connectivity index (χ1v) is 4.51. The van der Waals surface area contributed by atoms with Gasteiger partial charge in [-0.25, -0.2) is 0 Å². The largest absolute Gasteiger partial charge is 0.543 e. The van der Waals surface area contributed by atoms with Gasteiger partial charge >= 0.3 is 0 Å². The van der Waals surface area contributed by atoms with E-state index < -0.39 is 5.97 Å². The van der Waals surface area contributed by atoms with Gasteiger partial charge in [0.1, 0.15) is 0 Å². The van der Waals surface area contributed by atoms with E-state index in [2.05, 4.69) is 4.99 Å². The van der Waals surface area contributed by atoms with Crippen molar-refractivity contribution in [1.82, 2.24) is 0 Å². The van der Waals surface area contributed by atoms with Crippen LogP contribution in [0.3, 0.4) is 0 Å². The molecule has 0 radical (unpaired) electrons. The first kappa shape index (κ1) is 7.61. The van der Waals surface area contributed by atoms with E-state index >= 15 is 0 Å². The first-order chi connectivity index (χ1) is 5.77. The fraction of sp³-hybridized carbons (Fsp3) is 0.250. The van der Waals surface area contributed by atoms with E-state index in [1.807, 2.05) is 17.6 Å². The van der Waals surface area contributed by atoms with Crippen molar-refractivity contribution in [3.63, 3.8) is 0 Å². The topological polar surface area (TPSA) is 52.5 Å². The third kappa shape index (κ3) is 1.18. The molecule has 4 heteroatoms. The number of carbonyl (C=O) groups excluding carboxylic acids is 1. The van der Waals surface area contributed by atoms with E-state index in [0.717, 1.165) is 0 Å². The number of carboxylic acid groups (broad SMARTS) is 1. The smallest absolute Gasteiger partial charge is 0.0895 e. The third-order valence-corrected chi connectivity index (χ3v) is 2.85. The molecule has 2 unspecified atom stereocenters. The van der Waals surface area contributed by atoms with E-state index in [-0.39, 0.29) is 17.0 Å². The quantitative estimate of drug-likeness (QED) is 0.559. The average Bonchev–Trinajstić information content (AvgIpc) is 2.49. The zero-order valence-corrected chi connectivity index (χ0v) is 6.95. The third-order valence-electron chi connectivity index (χ3n) is 1.79. The van der Waals surface area contributed by atoms with Crippen LogP contribution in [-0.4, -0.2) is 23.0 Å². The summed E-state index contributed by atoms with van der Waals surface area (Å²) in [6.45, 7) is 0. The van der Waals surface area contributed by atoms with Gasteiger partial charge in [0, 0.05) is 0 Å². The second-order valence-corrected chi connectivity index (χ2v) is 3.67. The van der Waals surface area contributed by atoms with Crippen molar-refractivity contribution >= 4 is 23.4 Å². The van der Waals surface area contributed by atoms with E-state index in [1.165, 1.54) is 6.08 Å². The van der Waals surface area contributed by atoms with Crippen molar-refractivity contribution in [2.24, 2.45) is 4.99 Å². The van der Waals surface area contributed by atoms with Crippen molar-refractivity contribution in [2.75, 3.05) is 0 Å². The highest BCUT2D eigenvalue weighted by Gasteiger charge is 2.23. The molecule has 0 bridgehead atoms. The molecule has 62 valence electrons. The molecule has 0 aromatic carbocycles. The van der Waals surface area contributed by atoms with Crippen LogP contribution >= 0.6 is 11.8 Å². The molecule has 2 atom stereocenters. The Labute approximate surface area is 73.9 Å². The summed E-state index contributed by atoms with van der Waals surface area (Å²) in [4.78, 5) is 14.4. The molecule has 0 saturated carbocycles. The average molecular weight is 180 g/mol. The van der Waals surface area contributed by atoms with Gasteiger partial charge in [0.05, 0.1) is 23.0 Å². The minimum absolute atomic E-state index is 0.00657. The molecule has 2 heterocycles. The molecule has 0 aromatic heterocycles. The monoisotopic (exact) mass is 180 g/mol. The molecule has 0 amide bonds. The van der Waals surface area contributed by atoms with E-state index in [4.69, 9.17) is 0 Å². The molecule has 0 spiro atoms. The predicted octanol–water partition coefficient (Wildman–Crippen LogP) is -0.255. The fourth-order valence-corrected chi connectivity index (χ4v) is 2.11. The lowest BCUT2D eigenvalue weighted by atomic mass is 10.1. The Kier molecular flexibility index (Phi) is 1.77. The number of hydrogen-bond acceptors (Lipinski definition) is 4. The van der Waals surface area contributed by atoms with Crippen LogP contribution in [-0.2, 0) is 4.79 Å². The van der Waals surface area contributed by atoms with Gasteiger partial charge in [-0.1, -0.05) is 12.2 Å². The SMILES string of the molecule is O=C([O-])C1=NC2C=CSC2C=C1. The molecule has 0 N–H and O–H groups in total. The molecule has 3 nitrogen and oxygen atoms in total. The number of aliphatic carboxylic acids is 1.